The van der Waals surface area contributed by atoms with Crippen LogP contribution in [0.25, 0.3) is 21.8 Å². The summed E-state index contributed by atoms with van der Waals surface area (Å²) in [6, 6.07) is 13.4. The number of hydrogen-bond donors (Lipinski definition) is 1. The standard InChI is InChI=1S/C24H24N4O2/c1-13(2)28-21-9-7-15(4)11-19(21)22(24(28)30)26-27-23(29)18-12-16(5)25-20-8-6-14(3)10-17(18)20/h6-13,30H,1-5H3. The van der Waals surface area contributed by atoms with E-state index in [-0.39, 0.29) is 11.9 Å². The van der Waals surface area contributed by atoms with E-state index in [1.54, 1.807) is 10.6 Å². The third kappa shape index (κ3) is 3.34. The van der Waals surface area contributed by atoms with Gasteiger partial charge in [0.2, 0.25) is 5.88 Å². The normalized spacial score (nSPS) is 11.9. The van der Waals surface area contributed by atoms with Crippen LogP contribution in [0.3, 0.4) is 0 Å². The molecule has 0 aliphatic carbocycles. The van der Waals surface area contributed by atoms with Crippen LogP contribution in [-0.2, 0) is 0 Å². The van der Waals surface area contributed by atoms with Crippen LogP contribution in [0.4, 0.5) is 5.69 Å². The largest absolute Gasteiger partial charge is 0.493 e. The molecule has 2 heterocycles. The summed E-state index contributed by atoms with van der Waals surface area (Å²) < 4.78 is 1.79. The number of amides is 1. The van der Waals surface area contributed by atoms with Crippen molar-refractivity contribution < 1.29 is 9.90 Å². The molecule has 0 saturated carbocycles. The summed E-state index contributed by atoms with van der Waals surface area (Å²) in [7, 11) is 0. The second-order valence-corrected chi connectivity index (χ2v) is 7.99. The highest BCUT2D eigenvalue weighted by Gasteiger charge is 2.19. The number of hydrogen-bond acceptors (Lipinski definition) is 4. The highest BCUT2D eigenvalue weighted by Crippen LogP contribution is 2.41. The Morgan fingerprint density at radius 2 is 1.67 bits per heavy atom. The van der Waals surface area contributed by atoms with E-state index in [0.29, 0.717) is 11.3 Å². The molecule has 6 nitrogen and oxygen atoms in total. The SMILES string of the molecule is Cc1ccc2nc(C)cc(C(=O)N=Nc3c(O)n(C(C)C)c4ccc(C)cc34)c2c1. The first kappa shape index (κ1) is 19.8. The third-order valence-corrected chi connectivity index (χ3v) is 5.19. The van der Waals surface area contributed by atoms with Gasteiger partial charge in [0.25, 0.3) is 5.91 Å². The van der Waals surface area contributed by atoms with Crippen molar-refractivity contribution in [2.75, 3.05) is 0 Å². The second-order valence-electron chi connectivity index (χ2n) is 7.99. The Labute approximate surface area is 174 Å². The van der Waals surface area contributed by atoms with Crippen LogP contribution in [0.2, 0.25) is 0 Å². The van der Waals surface area contributed by atoms with Crippen LogP contribution in [-0.4, -0.2) is 20.6 Å². The first-order valence-electron chi connectivity index (χ1n) is 9.94. The molecule has 152 valence electrons. The lowest BCUT2D eigenvalue weighted by atomic mass is 10.1. The van der Waals surface area contributed by atoms with Crippen molar-refractivity contribution in [3.8, 4) is 5.88 Å². The molecule has 0 aliphatic heterocycles. The van der Waals surface area contributed by atoms with Gasteiger partial charge in [0.1, 0.15) is 0 Å². The van der Waals surface area contributed by atoms with Gasteiger partial charge in [0.15, 0.2) is 5.69 Å². The van der Waals surface area contributed by atoms with Gasteiger partial charge in [0.05, 0.1) is 16.6 Å². The Hall–Kier alpha value is -3.54. The molecular weight excluding hydrogens is 376 g/mol. The summed E-state index contributed by atoms with van der Waals surface area (Å²) in [5.41, 5.74) is 5.17. The molecule has 30 heavy (non-hydrogen) atoms. The molecule has 0 unspecified atom stereocenters. The number of rotatable bonds is 3. The molecule has 0 atom stereocenters. The van der Waals surface area contributed by atoms with Crippen molar-refractivity contribution in [3.05, 3.63) is 64.8 Å². The number of benzene rings is 2. The number of aryl methyl sites for hydroxylation is 3. The van der Waals surface area contributed by atoms with Gasteiger partial charge in [-0.05, 0) is 65.0 Å². The maximum atomic E-state index is 13.0. The monoisotopic (exact) mass is 400 g/mol. The molecule has 1 amide bonds. The number of pyridine rings is 1. The lowest BCUT2D eigenvalue weighted by Gasteiger charge is -2.10. The highest BCUT2D eigenvalue weighted by atomic mass is 16.3. The Morgan fingerprint density at radius 3 is 2.37 bits per heavy atom. The van der Waals surface area contributed by atoms with Gasteiger partial charge in [0, 0.05) is 22.5 Å². The smallest absolute Gasteiger partial charge is 0.296 e. The molecule has 0 fully saturated rings. The molecule has 4 aromatic rings. The predicted molar refractivity (Wildman–Crippen MR) is 119 cm³/mol. The van der Waals surface area contributed by atoms with E-state index in [4.69, 9.17) is 0 Å². The molecule has 0 aliphatic rings. The highest BCUT2D eigenvalue weighted by molar-refractivity contribution is 6.07. The summed E-state index contributed by atoms with van der Waals surface area (Å²) in [6.07, 6.45) is 0. The molecule has 0 saturated heterocycles. The van der Waals surface area contributed by atoms with E-state index in [1.807, 2.05) is 71.0 Å². The minimum absolute atomic E-state index is 0.00811. The van der Waals surface area contributed by atoms with Gasteiger partial charge in [-0.15, -0.1) is 10.2 Å². The molecule has 0 radical (unpaired) electrons. The summed E-state index contributed by atoms with van der Waals surface area (Å²) >= 11 is 0. The Kier molecular flexibility index (Phi) is 4.86. The van der Waals surface area contributed by atoms with E-state index in [0.717, 1.165) is 38.6 Å². The van der Waals surface area contributed by atoms with Gasteiger partial charge in [-0.2, -0.15) is 0 Å². The van der Waals surface area contributed by atoms with Gasteiger partial charge in [-0.1, -0.05) is 23.3 Å². The van der Waals surface area contributed by atoms with Crippen LogP contribution < -0.4 is 0 Å². The number of aromatic nitrogens is 2. The maximum absolute atomic E-state index is 13.0. The quantitative estimate of drug-likeness (QED) is 0.408. The van der Waals surface area contributed by atoms with Crippen LogP contribution in [0.1, 0.15) is 47.1 Å². The zero-order valence-electron chi connectivity index (χ0n) is 17.8. The summed E-state index contributed by atoms with van der Waals surface area (Å²) in [5, 5.41) is 20.5. The molecule has 0 bridgehead atoms. The molecule has 0 spiro atoms. The lowest BCUT2D eigenvalue weighted by molar-refractivity contribution is 0.0996. The van der Waals surface area contributed by atoms with E-state index >= 15 is 0 Å². The van der Waals surface area contributed by atoms with Crippen molar-refractivity contribution >= 4 is 33.4 Å². The number of azo groups is 1. The fraction of sp³-hybridized carbons (Fsp3) is 0.250. The first-order chi connectivity index (χ1) is 14.3. The van der Waals surface area contributed by atoms with Gasteiger partial charge >= 0.3 is 0 Å². The summed E-state index contributed by atoms with van der Waals surface area (Å²) in [5.74, 6) is -0.456. The third-order valence-electron chi connectivity index (χ3n) is 5.19. The fourth-order valence-corrected chi connectivity index (χ4v) is 3.82. The van der Waals surface area contributed by atoms with Gasteiger partial charge < -0.3 is 9.67 Å². The number of carbonyl (C=O) groups is 1. The summed E-state index contributed by atoms with van der Waals surface area (Å²) in [4.78, 5) is 17.5. The van der Waals surface area contributed by atoms with E-state index in [9.17, 15) is 9.90 Å². The number of nitrogens with zero attached hydrogens (tertiary/aromatic N) is 4. The molecule has 4 rings (SSSR count). The van der Waals surface area contributed by atoms with Crippen LogP contribution in [0.5, 0.6) is 5.88 Å². The van der Waals surface area contributed by atoms with Gasteiger partial charge in [-0.25, -0.2) is 0 Å². The van der Waals surface area contributed by atoms with Crippen LogP contribution in [0.15, 0.2) is 52.7 Å². The molecule has 2 aromatic heterocycles. The minimum Gasteiger partial charge on any atom is -0.493 e. The Balaban J connectivity index is 1.84. The first-order valence-corrected chi connectivity index (χ1v) is 9.94. The lowest BCUT2D eigenvalue weighted by Crippen LogP contribution is -1.99. The van der Waals surface area contributed by atoms with Crippen LogP contribution >= 0.6 is 0 Å². The number of fused-ring (bicyclic) bond motifs is 2. The molecule has 6 heteroatoms. The Morgan fingerprint density at radius 1 is 1.00 bits per heavy atom. The zero-order valence-corrected chi connectivity index (χ0v) is 17.8. The zero-order chi connectivity index (χ0) is 21.6. The van der Waals surface area contributed by atoms with Gasteiger partial charge in [-0.3, -0.25) is 9.78 Å². The molecular formula is C24H24N4O2. The fourth-order valence-electron chi connectivity index (χ4n) is 3.82. The predicted octanol–water partition coefficient (Wildman–Crippen LogP) is 6.33. The number of carbonyl (C=O) groups excluding carboxylic acids is 1. The topological polar surface area (TPSA) is 79.8 Å². The summed E-state index contributed by atoms with van der Waals surface area (Å²) in [6.45, 7) is 9.76. The average Bonchev–Trinajstić information content (AvgIpc) is 2.96. The Bertz CT molecular complexity index is 1330. The average molecular weight is 400 g/mol. The van der Waals surface area contributed by atoms with Crippen molar-refractivity contribution in [2.24, 2.45) is 10.2 Å². The minimum atomic E-state index is -0.464. The second kappa shape index (κ2) is 7.37. The van der Waals surface area contributed by atoms with Crippen LogP contribution in [0, 0.1) is 20.8 Å². The van der Waals surface area contributed by atoms with E-state index in [2.05, 4.69) is 15.2 Å². The van der Waals surface area contributed by atoms with Crippen molar-refractivity contribution in [1.82, 2.24) is 9.55 Å². The van der Waals surface area contributed by atoms with Crippen molar-refractivity contribution in [1.29, 1.82) is 0 Å². The maximum Gasteiger partial charge on any atom is 0.296 e. The molecule has 2 aromatic carbocycles. The van der Waals surface area contributed by atoms with Crippen molar-refractivity contribution in [2.45, 2.75) is 40.7 Å². The van der Waals surface area contributed by atoms with E-state index in [1.165, 1.54) is 0 Å². The molecule has 1 N–H and O–H groups in total. The van der Waals surface area contributed by atoms with Crippen molar-refractivity contribution in [3.63, 3.8) is 0 Å². The number of aromatic hydroxyl groups is 1. The van der Waals surface area contributed by atoms with E-state index < -0.39 is 5.91 Å².